The fourth-order valence-corrected chi connectivity index (χ4v) is 1.86. The molecule has 6 heteroatoms. The molecule has 86 valence electrons. The number of fused-ring (bicyclic) bond motifs is 3. The lowest BCUT2D eigenvalue weighted by molar-refractivity contribution is -0.115. The van der Waals surface area contributed by atoms with Gasteiger partial charge in [-0.2, -0.15) is 0 Å². The van der Waals surface area contributed by atoms with E-state index in [9.17, 15) is 4.79 Å². The van der Waals surface area contributed by atoms with Crippen molar-refractivity contribution in [3.05, 3.63) is 30.1 Å². The lowest BCUT2D eigenvalue weighted by Crippen LogP contribution is -2.12. The second-order valence-electron chi connectivity index (χ2n) is 3.75. The van der Waals surface area contributed by atoms with E-state index >= 15 is 0 Å². The molecule has 1 amide bonds. The molecule has 2 heterocycles. The van der Waals surface area contributed by atoms with E-state index in [-0.39, 0.29) is 12.3 Å². The van der Waals surface area contributed by atoms with E-state index in [4.69, 9.17) is 4.74 Å². The van der Waals surface area contributed by atoms with Gasteiger partial charge in [0.25, 0.3) is 0 Å². The summed E-state index contributed by atoms with van der Waals surface area (Å²) < 4.78 is 6.81. The molecule has 1 N–H and O–H groups in total. The molecule has 3 rings (SSSR count). The third-order valence-corrected chi connectivity index (χ3v) is 2.67. The molecule has 0 radical (unpaired) electrons. The first-order valence-electron chi connectivity index (χ1n) is 5.16. The van der Waals surface area contributed by atoms with E-state index in [2.05, 4.69) is 15.6 Å². The summed E-state index contributed by atoms with van der Waals surface area (Å²) in [6.45, 7) is 0. The summed E-state index contributed by atoms with van der Waals surface area (Å²) in [5.74, 6) is 0.638. The topological polar surface area (TPSA) is 69.0 Å². The molecule has 1 aromatic heterocycles. The molecule has 6 nitrogen and oxygen atoms in total. The SMILES string of the molecule is COc1ccc2c(c1)-n1nncc1CC(=O)N2. The van der Waals surface area contributed by atoms with Gasteiger partial charge in [0.15, 0.2) is 0 Å². The van der Waals surface area contributed by atoms with Crippen LogP contribution in [0.15, 0.2) is 24.4 Å². The summed E-state index contributed by atoms with van der Waals surface area (Å²) in [7, 11) is 1.60. The first kappa shape index (κ1) is 9.83. The van der Waals surface area contributed by atoms with Crippen molar-refractivity contribution in [2.24, 2.45) is 0 Å². The first-order valence-corrected chi connectivity index (χ1v) is 5.16. The fourth-order valence-electron chi connectivity index (χ4n) is 1.86. The maximum Gasteiger partial charge on any atom is 0.230 e. The normalized spacial score (nSPS) is 13.4. The van der Waals surface area contributed by atoms with Gasteiger partial charge < -0.3 is 10.1 Å². The summed E-state index contributed by atoms with van der Waals surface area (Å²) in [5, 5.41) is 10.6. The van der Waals surface area contributed by atoms with Crippen molar-refractivity contribution in [3.63, 3.8) is 0 Å². The number of aromatic nitrogens is 3. The Hall–Kier alpha value is -2.37. The third-order valence-electron chi connectivity index (χ3n) is 2.67. The number of hydrogen-bond acceptors (Lipinski definition) is 4. The lowest BCUT2D eigenvalue weighted by Gasteiger charge is -2.09. The van der Waals surface area contributed by atoms with Gasteiger partial charge in [-0.25, -0.2) is 4.68 Å². The molecule has 1 aromatic carbocycles. The lowest BCUT2D eigenvalue weighted by atomic mass is 10.2. The molecule has 0 saturated heterocycles. The number of anilines is 1. The predicted molar refractivity (Wildman–Crippen MR) is 60.2 cm³/mol. The Morgan fingerprint density at radius 1 is 1.47 bits per heavy atom. The van der Waals surface area contributed by atoms with E-state index in [1.165, 1.54) is 0 Å². The monoisotopic (exact) mass is 230 g/mol. The summed E-state index contributed by atoms with van der Waals surface area (Å²) in [4.78, 5) is 11.6. The summed E-state index contributed by atoms with van der Waals surface area (Å²) in [6, 6.07) is 5.41. The zero-order valence-corrected chi connectivity index (χ0v) is 9.17. The van der Waals surface area contributed by atoms with Crippen LogP contribution in [0.5, 0.6) is 5.75 Å². The molecule has 0 fully saturated rings. The van der Waals surface area contributed by atoms with Crippen molar-refractivity contribution in [2.45, 2.75) is 6.42 Å². The zero-order valence-electron chi connectivity index (χ0n) is 9.17. The minimum Gasteiger partial charge on any atom is -0.497 e. The molecule has 0 bridgehead atoms. The molecule has 17 heavy (non-hydrogen) atoms. The highest BCUT2D eigenvalue weighted by Gasteiger charge is 2.19. The van der Waals surface area contributed by atoms with Crippen molar-refractivity contribution in [2.75, 3.05) is 12.4 Å². The van der Waals surface area contributed by atoms with E-state index in [1.807, 2.05) is 6.07 Å². The predicted octanol–water partition coefficient (Wildman–Crippen LogP) is 0.770. The van der Waals surface area contributed by atoms with Gasteiger partial charge in [-0.15, -0.1) is 5.10 Å². The van der Waals surface area contributed by atoms with Crippen molar-refractivity contribution in [3.8, 4) is 11.4 Å². The van der Waals surface area contributed by atoms with Crippen LogP contribution in [0, 0.1) is 0 Å². The van der Waals surface area contributed by atoms with Crippen LogP contribution in [0.4, 0.5) is 5.69 Å². The number of nitrogens with one attached hydrogen (secondary N) is 1. The summed E-state index contributed by atoms with van der Waals surface area (Å²) in [5.41, 5.74) is 2.23. The Labute approximate surface area is 97.2 Å². The minimum absolute atomic E-state index is 0.0718. The van der Waals surface area contributed by atoms with Crippen LogP contribution in [0.3, 0.4) is 0 Å². The number of rotatable bonds is 1. The van der Waals surface area contributed by atoms with Crippen LogP contribution in [0.2, 0.25) is 0 Å². The molecule has 2 aromatic rings. The van der Waals surface area contributed by atoms with Crippen LogP contribution >= 0.6 is 0 Å². The van der Waals surface area contributed by atoms with Crippen molar-refractivity contribution in [1.82, 2.24) is 15.0 Å². The van der Waals surface area contributed by atoms with Gasteiger partial charge in [-0.3, -0.25) is 4.79 Å². The van der Waals surface area contributed by atoms with Gasteiger partial charge >= 0.3 is 0 Å². The Kier molecular flexibility index (Phi) is 2.07. The molecule has 0 atom stereocenters. The van der Waals surface area contributed by atoms with E-state index in [0.29, 0.717) is 11.4 Å². The number of carbonyl (C=O) groups excluding carboxylic acids is 1. The van der Waals surface area contributed by atoms with Crippen LogP contribution in [0.25, 0.3) is 5.69 Å². The number of benzene rings is 1. The molecular weight excluding hydrogens is 220 g/mol. The van der Waals surface area contributed by atoms with Gasteiger partial charge in [-0.1, -0.05) is 5.21 Å². The van der Waals surface area contributed by atoms with E-state index < -0.39 is 0 Å². The number of nitrogens with zero attached hydrogens (tertiary/aromatic N) is 3. The van der Waals surface area contributed by atoms with Crippen LogP contribution < -0.4 is 10.1 Å². The molecule has 0 unspecified atom stereocenters. The molecule has 0 spiro atoms. The summed E-state index contributed by atoms with van der Waals surface area (Å²) >= 11 is 0. The average Bonchev–Trinajstić information content (AvgIpc) is 2.72. The number of methoxy groups -OCH3 is 1. The van der Waals surface area contributed by atoms with Crippen molar-refractivity contribution >= 4 is 11.6 Å². The molecule has 1 aliphatic heterocycles. The van der Waals surface area contributed by atoms with Crippen LogP contribution in [-0.2, 0) is 11.2 Å². The maximum atomic E-state index is 11.6. The standard InChI is InChI=1S/C11H10N4O2/c1-17-8-2-3-9-10(5-8)15-7(6-12-14-15)4-11(16)13-9/h2-3,5-6H,4H2,1H3,(H,13,16). The summed E-state index contributed by atoms with van der Waals surface area (Å²) in [6.07, 6.45) is 1.86. The molecule has 0 aliphatic carbocycles. The quantitative estimate of drug-likeness (QED) is 0.785. The van der Waals surface area contributed by atoms with Crippen LogP contribution in [-0.4, -0.2) is 28.0 Å². The first-order chi connectivity index (χ1) is 8.28. The number of carbonyl (C=O) groups is 1. The average molecular weight is 230 g/mol. The van der Waals surface area contributed by atoms with E-state index in [1.54, 1.807) is 30.1 Å². The van der Waals surface area contributed by atoms with Gasteiger partial charge in [0, 0.05) is 6.07 Å². The fraction of sp³-hybridized carbons (Fsp3) is 0.182. The smallest absolute Gasteiger partial charge is 0.230 e. The van der Waals surface area contributed by atoms with Crippen molar-refractivity contribution < 1.29 is 9.53 Å². The molecule has 1 aliphatic rings. The number of hydrogen-bond donors (Lipinski definition) is 1. The highest BCUT2D eigenvalue weighted by Crippen LogP contribution is 2.28. The van der Waals surface area contributed by atoms with Crippen LogP contribution in [0.1, 0.15) is 5.69 Å². The maximum absolute atomic E-state index is 11.6. The minimum atomic E-state index is -0.0718. The van der Waals surface area contributed by atoms with E-state index in [0.717, 1.165) is 11.4 Å². The van der Waals surface area contributed by atoms with Gasteiger partial charge in [0.05, 0.1) is 36.8 Å². The van der Waals surface area contributed by atoms with Crippen molar-refractivity contribution in [1.29, 1.82) is 0 Å². The number of ether oxygens (including phenoxy) is 1. The van der Waals surface area contributed by atoms with Gasteiger partial charge in [0.1, 0.15) is 5.75 Å². The Balaban J connectivity index is 2.24. The highest BCUT2D eigenvalue weighted by molar-refractivity contribution is 5.95. The molecular formula is C11H10N4O2. The van der Waals surface area contributed by atoms with Gasteiger partial charge in [0.2, 0.25) is 5.91 Å². The van der Waals surface area contributed by atoms with Gasteiger partial charge in [-0.05, 0) is 12.1 Å². The second kappa shape index (κ2) is 3.58. The molecule has 0 saturated carbocycles. The number of amides is 1. The second-order valence-corrected chi connectivity index (χ2v) is 3.75. The zero-order chi connectivity index (χ0) is 11.8. The largest absolute Gasteiger partial charge is 0.497 e. The third kappa shape index (κ3) is 1.54. The Morgan fingerprint density at radius 2 is 2.35 bits per heavy atom. The highest BCUT2D eigenvalue weighted by atomic mass is 16.5. The Bertz CT molecular complexity index is 591. The Morgan fingerprint density at radius 3 is 3.18 bits per heavy atom.